The van der Waals surface area contributed by atoms with Gasteiger partial charge >= 0.3 is 0 Å². The second kappa shape index (κ2) is 12.3. The van der Waals surface area contributed by atoms with E-state index in [-0.39, 0.29) is 30.8 Å². The minimum Gasteiger partial charge on any atom is -0.325 e. The number of rotatable bonds is 11. The summed E-state index contributed by atoms with van der Waals surface area (Å²) in [5.74, 6) is -1.40. The smallest absolute Gasteiger partial charge is 0.256 e. The van der Waals surface area contributed by atoms with Gasteiger partial charge in [0, 0.05) is 19.3 Å². The predicted molar refractivity (Wildman–Crippen MR) is 140 cm³/mol. The van der Waals surface area contributed by atoms with Gasteiger partial charge in [-0.2, -0.15) is 0 Å². The first-order valence-electron chi connectivity index (χ1n) is 12.3. The molecule has 0 saturated carbocycles. The van der Waals surface area contributed by atoms with Gasteiger partial charge in [-0.1, -0.05) is 40.5 Å². The van der Waals surface area contributed by atoms with Gasteiger partial charge in [0.25, 0.3) is 5.91 Å². The summed E-state index contributed by atoms with van der Waals surface area (Å²) in [6.07, 6.45) is 8.90. The molecule has 1 aromatic heterocycles. The molecule has 3 rings (SSSR count). The zero-order valence-corrected chi connectivity index (χ0v) is 23.1. The molecule has 0 bridgehead atoms. The lowest BCUT2D eigenvalue weighted by Crippen LogP contribution is -2.43. The fourth-order valence-corrected chi connectivity index (χ4v) is 5.87. The van der Waals surface area contributed by atoms with E-state index in [4.69, 9.17) is 0 Å². The summed E-state index contributed by atoms with van der Waals surface area (Å²) in [7, 11) is -3.76. The van der Waals surface area contributed by atoms with E-state index in [1.54, 1.807) is 23.2 Å². The van der Waals surface area contributed by atoms with Crippen LogP contribution < -0.4 is 0 Å². The molecule has 0 unspecified atom stereocenters. The molecule has 10 heteroatoms. The summed E-state index contributed by atoms with van der Waals surface area (Å²) in [5, 5.41) is 0. The molecule has 0 radical (unpaired) electrons. The number of amides is 2. The van der Waals surface area contributed by atoms with E-state index in [1.165, 1.54) is 0 Å². The quantitative estimate of drug-likeness (QED) is 0.437. The van der Waals surface area contributed by atoms with Crippen LogP contribution in [0, 0.1) is 11.8 Å². The van der Waals surface area contributed by atoms with E-state index < -0.39 is 27.9 Å². The molecule has 35 heavy (non-hydrogen) atoms. The fraction of sp³-hybridized carbons (Fsp3) is 0.640. The number of nitrogens with zero attached hydrogens (tertiary/aromatic N) is 4. The maximum atomic E-state index is 13.4. The standard InChI is InChI=1S/C25H38N4O4S.ClH/c1-6-8-13-27(14-9-7-2)17-20-11-10-19(16-26-20)24(30)28-15-12-21-23(28)22(18(3)4)25(31)29(21)34(5,32)33;/h10-12,16,18,22-23H,6-9,13-15,17H2,1-5H3;1H/t22-,23+;/m1./s1. The Kier molecular flexibility index (Phi) is 10.3. The van der Waals surface area contributed by atoms with Crippen molar-refractivity contribution < 1.29 is 18.0 Å². The molecule has 0 spiro atoms. The first kappa shape index (κ1) is 29.3. The Hall–Kier alpha value is -1.97. The Morgan fingerprint density at radius 3 is 2.29 bits per heavy atom. The molecule has 0 aromatic carbocycles. The Bertz CT molecular complexity index is 1020. The summed E-state index contributed by atoms with van der Waals surface area (Å²) in [4.78, 5) is 34.9. The Balaban J connectivity index is 0.00000432. The zero-order valence-electron chi connectivity index (χ0n) is 21.4. The molecule has 196 valence electrons. The molecule has 2 aliphatic heterocycles. The molecular formula is C25H39ClN4O4S. The highest BCUT2D eigenvalue weighted by Gasteiger charge is 2.54. The van der Waals surface area contributed by atoms with Crippen molar-refractivity contribution in [2.24, 2.45) is 11.8 Å². The van der Waals surface area contributed by atoms with Crippen LogP contribution in [0.3, 0.4) is 0 Å². The lowest BCUT2D eigenvalue weighted by molar-refractivity contribution is -0.128. The number of pyridine rings is 1. The van der Waals surface area contributed by atoms with Crippen LogP contribution in [0.15, 0.2) is 30.1 Å². The van der Waals surface area contributed by atoms with Gasteiger partial charge in [0.1, 0.15) is 0 Å². The van der Waals surface area contributed by atoms with Crippen molar-refractivity contribution in [1.82, 2.24) is 19.1 Å². The number of fused-ring (bicyclic) bond motifs is 1. The van der Waals surface area contributed by atoms with Crippen LogP contribution in [0.1, 0.15) is 69.4 Å². The lowest BCUT2D eigenvalue weighted by Gasteiger charge is -2.29. The van der Waals surface area contributed by atoms with Crippen LogP contribution in [-0.4, -0.2) is 71.3 Å². The number of sulfonamides is 1. The molecule has 8 nitrogen and oxygen atoms in total. The molecule has 1 fully saturated rings. The highest BCUT2D eigenvalue weighted by atomic mass is 35.5. The molecule has 1 saturated heterocycles. The van der Waals surface area contributed by atoms with E-state index in [0.29, 0.717) is 11.3 Å². The summed E-state index contributed by atoms with van der Waals surface area (Å²) >= 11 is 0. The largest absolute Gasteiger partial charge is 0.325 e. The van der Waals surface area contributed by atoms with Crippen LogP contribution in [0.5, 0.6) is 0 Å². The van der Waals surface area contributed by atoms with Crippen molar-refractivity contribution >= 4 is 34.2 Å². The van der Waals surface area contributed by atoms with Gasteiger partial charge in [0.15, 0.2) is 0 Å². The predicted octanol–water partition coefficient (Wildman–Crippen LogP) is 3.69. The molecular weight excluding hydrogens is 488 g/mol. The van der Waals surface area contributed by atoms with Crippen molar-refractivity contribution in [1.29, 1.82) is 0 Å². The number of halogens is 1. The average molecular weight is 527 g/mol. The third kappa shape index (κ3) is 6.43. The second-order valence-corrected chi connectivity index (χ2v) is 11.5. The minimum atomic E-state index is -3.76. The van der Waals surface area contributed by atoms with Crippen LogP contribution in [-0.2, 0) is 21.4 Å². The summed E-state index contributed by atoms with van der Waals surface area (Å²) < 4.78 is 25.5. The van der Waals surface area contributed by atoms with Crippen LogP contribution in [0.4, 0.5) is 0 Å². The molecule has 2 aliphatic rings. The molecule has 2 amide bonds. The van der Waals surface area contributed by atoms with Crippen molar-refractivity contribution in [2.45, 2.75) is 66.0 Å². The van der Waals surface area contributed by atoms with Gasteiger partial charge in [0.2, 0.25) is 15.9 Å². The highest BCUT2D eigenvalue weighted by Crippen LogP contribution is 2.41. The second-order valence-electron chi connectivity index (χ2n) is 9.69. The Morgan fingerprint density at radius 2 is 1.80 bits per heavy atom. The molecule has 2 atom stereocenters. The van der Waals surface area contributed by atoms with Gasteiger partial charge in [0.05, 0.1) is 35.2 Å². The van der Waals surface area contributed by atoms with E-state index in [2.05, 4.69) is 23.7 Å². The van der Waals surface area contributed by atoms with Gasteiger partial charge in [-0.15, -0.1) is 12.4 Å². The number of aromatic nitrogens is 1. The Morgan fingerprint density at radius 1 is 1.17 bits per heavy atom. The Labute approximate surface area is 216 Å². The van der Waals surface area contributed by atoms with Crippen LogP contribution in [0.25, 0.3) is 0 Å². The normalized spacial score (nSPS) is 19.9. The fourth-order valence-electron chi connectivity index (χ4n) is 4.85. The minimum absolute atomic E-state index is 0. The molecule has 1 aromatic rings. The van der Waals surface area contributed by atoms with Crippen LogP contribution >= 0.6 is 12.4 Å². The first-order valence-corrected chi connectivity index (χ1v) is 14.2. The third-order valence-corrected chi connectivity index (χ3v) is 7.67. The maximum Gasteiger partial charge on any atom is 0.256 e. The van der Waals surface area contributed by atoms with Gasteiger partial charge in [-0.05, 0) is 50.1 Å². The van der Waals surface area contributed by atoms with Crippen molar-refractivity contribution in [3.63, 3.8) is 0 Å². The summed E-state index contributed by atoms with van der Waals surface area (Å²) in [5.41, 5.74) is 1.76. The van der Waals surface area contributed by atoms with Crippen molar-refractivity contribution in [3.05, 3.63) is 41.4 Å². The average Bonchev–Trinajstić information content (AvgIpc) is 3.31. The first-order chi connectivity index (χ1) is 16.1. The maximum absolute atomic E-state index is 13.4. The van der Waals surface area contributed by atoms with Crippen molar-refractivity contribution in [2.75, 3.05) is 25.9 Å². The monoisotopic (exact) mass is 526 g/mol. The van der Waals surface area contributed by atoms with E-state index in [9.17, 15) is 18.0 Å². The van der Waals surface area contributed by atoms with Crippen molar-refractivity contribution in [3.8, 4) is 0 Å². The lowest BCUT2D eigenvalue weighted by atomic mass is 9.89. The topological polar surface area (TPSA) is 90.9 Å². The summed E-state index contributed by atoms with van der Waals surface area (Å²) in [6, 6.07) is 3.11. The highest BCUT2D eigenvalue weighted by molar-refractivity contribution is 7.89. The number of carbonyl (C=O) groups is 2. The van der Waals surface area contributed by atoms with Crippen LogP contribution in [0.2, 0.25) is 0 Å². The SMILES string of the molecule is CCCCN(CCCC)Cc1ccc(C(=O)N2CC=C3[C@H]2[C@@H](C(C)C)C(=O)N3S(C)(=O)=O)cn1.Cl. The van der Waals surface area contributed by atoms with E-state index in [1.807, 2.05) is 19.9 Å². The van der Waals surface area contributed by atoms with Gasteiger partial charge in [-0.25, -0.2) is 12.7 Å². The summed E-state index contributed by atoms with van der Waals surface area (Å²) in [6.45, 7) is 11.2. The van der Waals surface area contributed by atoms with Gasteiger partial charge < -0.3 is 4.90 Å². The van der Waals surface area contributed by atoms with E-state index >= 15 is 0 Å². The molecule has 3 heterocycles. The molecule has 0 aliphatic carbocycles. The van der Waals surface area contributed by atoms with E-state index in [0.717, 1.165) is 61.6 Å². The number of unbranched alkanes of at least 4 members (excludes halogenated alkanes) is 2. The zero-order chi connectivity index (χ0) is 25.0. The molecule has 0 N–H and O–H groups in total. The number of hydrogen-bond acceptors (Lipinski definition) is 6. The van der Waals surface area contributed by atoms with Gasteiger partial charge in [-0.3, -0.25) is 19.5 Å². The third-order valence-electron chi connectivity index (χ3n) is 6.62. The number of hydrogen-bond donors (Lipinski definition) is 0. The number of carbonyl (C=O) groups excluding carboxylic acids is 2.